The maximum Gasteiger partial charge on any atom is 0.253 e. The normalized spacial score (nSPS) is 10.7. The zero-order valence-electron chi connectivity index (χ0n) is 18.1. The third-order valence-electron chi connectivity index (χ3n) is 4.89. The molecule has 9 heteroatoms. The molecule has 0 atom stereocenters. The Morgan fingerprint density at radius 1 is 1.03 bits per heavy atom. The van der Waals surface area contributed by atoms with E-state index in [4.69, 9.17) is 0 Å². The number of para-hydroxylation sites is 1. The predicted molar refractivity (Wildman–Crippen MR) is 122 cm³/mol. The van der Waals surface area contributed by atoms with Crippen molar-refractivity contribution in [1.82, 2.24) is 25.1 Å². The number of benzene rings is 2. The molecule has 0 aliphatic carbocycles. The Morgan fingerprint density at radius 2 is 1.68 bits per heavy atom. The summed E-state index contributed by atoms with van der Waals surface area (Å²) in [7, 11) is 0. The highest BCUT2D eigenvalue weighted by molar-refractivity contribution is 7.99. The molecule has 2 aromatic carbocycles. The first-order valence-electron chi connectivity index (χ1n) is 10.1. The van der Waals surface area contributed by atoms with Crippen LogP contribution in [-0.4, -0.2) is 55.8 Å². The second-order valence-corrected chi connectivity index (χ2v) is 7.95. The number of aromatic nitrogens is 4. The molecule has 3 aromatic rings. The van der Waals surface area contributed by atoms with Crippen LogP contribution >= 0.6 is 11.8 Å². The van der Waals surface area contributed by atoms with E-state index in [-0.39, 0.29) is 17.6 Å². The van der Waals surface area contributed by atoms with E-state index in [1.807, 2.05) is 45.9 Å². The SMILES string of the molecule is CCN(CC)C(=O)c1ccc(NC(=O)CSc2nnnn2-c2c(C)cccc2C)cc1. The van der Waals surface area contributed by atoms with Crippen LogP contribution in [0.3, 0.4) is 0 Å². The van der Waals surface area contributed by atoms with Crippen LogP contribution in [0.25, 0.3) is 5.69 Å². The summed E-state index contributed by atoms with van der Waals surface area (Å²) in [5.41, 5.74) is 4.26. The predicted octanol–water partition coefficient (Wildman–Crippen LogP) is 3.49. The number of carbonyl (C=O) groups is 2. The van der Waals surface area contributed by atoms with Gasteiger partial charge in [-0.05, 0) is 73.5 Å². The number of rotatable bonds is 8. The zero-order chi connectivity index (χ0) is 22.4. The lowest BCUT2D eigenvalue weighted by Gasteiger charge is -2.18. The molecule has 3 rings (SSSR count). The first-order valence-corrected chi connectivity index (χ1v) is 11.1. The van der Waals surface area contributed by atoms with Crippen molar-refractivity contribution in [2.45, 2.75) is 32.9 Å². The summed E-state index contributed by atoms with van der Waals surface area (Å²) in [5.74, 6) is -0.0357. The Labute approximate surface area is 186 Å². The molecule has 1 aromatic heterocycles. The molecular weight excluding hydrogens is 412 g/mol. The summed E-state index contributed by atoms with van der Waals surface area (Å²) >= 11 is 1.27. The van der Waals surface area contributed by atoms with Crippen molar-refractivity contribution < 1.29 is 9.59 Å². The second kappa shape index (κ2) is 10.2. The van der Waals surface area contributed by atoms with Crippen molar-refractivity contribution in [2.75, 3.05) is 24.2 Å². The van der Waals surface area contributed by atoms with E-state index >= 15 is 0 Å². The lowest BCUT2D eigenvalue weighted by molar-refractivity contribution is -0.113. The van der Waals surface area contributed by atoms with Crippen molar-refractivity contribution in [1.29, 1.82) is 0 Å². The number of nitrogens with zero attached hydrogens (tertiary/aromatic N) is 5. The number of hydrogen-bond acceptors (Lipinski definition) is 6. The summed E-state index contributed by atoms with van der Waals surface area (Å²) in [6, 6.07) is 12.9. The third kappa shape index (κ3) is 5.29. The van der Waals surface area contributed by atoms with Crippen molar-refractivity contribution in [3.05, 3.63) is 59.2 Å². The van der Waals surface area contributed by atoms with Crippen molar-refractivity contribution in [3.8, 4) is 5.69 Å². The molecule has 31 heavy (non-hydrogen) atoms. The van der Waals surface area contributed by atoms with Crippen LogP contribution in [0.15, 0.2) is 47.6 Å². The molecule has 0 radical (unpaired) electrons. The monoisotopic (exact) mass is 438 g/mol. The highest BCUT2D eigenvalue weighted by Gasteiger charge is 2.15. The molecule has 2 amide bonds. The van der Waals surface area contributed by atoms with Gasteiger partial charge in [0, 0.05) is 24.3 Å². The Kier molecular flexibility index (Phi) is 7.41. The molecule has 0 bridgehead atoms. The standard InChI is InChI=1S/C22H26N6O2S/c1-5-27(6-2)21(30)17-10-12-18(13-11-17)23-19(29)14-31-22-24-25-26-28(22)20-15(3)8-7-9-16(20)4/h7-13H,5-6,14H2,1-4H3,(H,23,29). The number of anilines is 1. The van der Waals surface area contributed by atoms with Gasteiger partial charge >= 0.3 is 0 Å². The van der Waals surface area contributed by atoms with Crippen LogP contribution in [0.2, 0.25) is 0 Å². The van der Waals surface area contributed by atoms with E-state index in [0.29, 0.717) is 29.5 Å². The largest absolute Gasteiger partial charge is 0.339 e. The van der Waals surface area contributed by atoms with Crippen LogP contribution in [0.4, 0.5) is 5.69 Å². The van der Waals surface area contributed by atoms with Gasteiger partial charge in [-0.25, -0.2) is 0 Å². The molecular formula is C22H26N6O2S. The molecule has 0 aliphatic rings. The summed E-state index contributed by atoms with van der Waals surface area (Å²) in [6.45, 7) is 9.22. The van der Waals surface area contributed by atoms with Crippen molar-refractivity contribution in [2.24, 2.45) is 0 Å². The number of aryl methyl sites for hydroxylation is 2. The van der Waals surface area contributed by atoms with Gasteiger partial charge in [-0.15, -0.1) is 5.10 Å². The van der Waals surface area contributed by atoms with E-state index in [2.05, 4.69) is 20.8 Å². The van der Waals surface area contributed by atoms with Gasteiger partial charge in [0.1, 0.15) is 0 Å². The molecule has 0 saturated carbocycles. The van der Waals surface area contributed by atoms with E-state index in [1.54, 1.807) is 33.8 Å². The van der Waals surface area contributed by atoms with Gasteiger partial charge in [0.15, 0.2) is 0 Å². The highest BCUT2D eigenvalue weighted by Crippen LogP contribution is 2.23. The van der Waals surface area contributed by atoms with Crippen LogP contribution in [0.1, 0.15) is 35.3 Å². The van der Waals surface area contributed by atoms with Gasteiger partial charge < -0.3 is 10.2 Å². The van der Waals surface area contributed by atoms with Gasteiger partial charge in [-0.2, -0.15) is 4.68 Å². The van der Waals surface area contributed by atoms with Crippen LogP contribution in [-0.2, 0) is 4.79 Å². The first kappa shape index (κ1) is 22.5. The average Bonchev–Trinajstić information content (AvgIpc) is 3.21. The van der Waals surface area contributed by atoms with Crippen LogP contribution < -0.4 is 5.32 Å². The van der Waals surface area contributed by atoms with E-state index < -0.39 is 0 Å². The molecule has 0 spiro atoms. The maximum absolute atomic E-state index is 12.4. The Bertz CT molecular complexity index is 1040. The summed E-state index contributed by atoms with van der Waals surface area (Å²) in [4.78, 5) is 26.6. The second-order valence-electron chi connectivity index (χ2n) is 7.01. The van der Waals surface area contributed by atoms with Gasteiger partial charge in [0.2, 0.25) is 11.1 Å². The van der Waals surface area contributed by atoms with E-state index in [0.717, 1.165) is 16.8 Å². The number of hydrogen-bond donors (Lipinski definition) is 1. The molecule has 0 unspecified atom stereocenters. The average molecular weight is 439 g/mol. The van der Waals surface area contributed by atoms with Crippen molar-refractivity contribution >= 4 is 29.3 Å². The lowest BCUT2D eigenvalue weighted by Crippen LogP contribution is -2.30. The topological polar surface area (TPSA) is 93.0 Å². The molecule has 1 heterocycles. The first-order chi connectivity index (χ1) is 14.9. The van der Waals surface area contributed by atoms with Gasteiger partial charge in [-0.3, -0.25) is 9.59 Å². The Balaban J connectivity index is 1.62. The molecule has 0 aliphatic heterocycles. The Morgan fingerprint density at radius 3 is 2.29 bits per heavy atom. The maximum atomic E-state index is 12.4. The summed E-state index contributed by atoms with van der Waals surface area (Å²) in [5, 5.41) is 15.3. The van der Waals surface area contributed by atoms with E-state index in [9.17, 15) is 9.59 Å². The summed E-state index contributed by atoms with van der Waals surface area (Å²) < 4.78 is 1.66. The van der Waals surface area contributed by atoms with Crippen LogP contribution in [0.5, 0.6) is 0 Å². The lowest BCUT2D eigenvalue weighted by atomic mass is 10.1. The quantitative estimate of drug-likeness (QED) is 0.541. The smallest absolute Gasteiger partial charge is 0.253 e. The molecule has 0 fully saturated rings. The van der Waals surface area contributed by atoms with Crippen molar-refractivity contribution in [3.63, 3.8) is 0 Å². The molecule has 8 nitrogen and oxygen atoms in total. The number of carbonyl (C=O) groups excluding carboxylic acids is 2. The molecule has 162 valence electrons. The molecule has 0 saturated heterocycles. The molecule has 1 N–H and O–H groups in total. The minimum Gasteiger partial charge on any atom is -0.339 e. The fraction of sp³-hybridized carbons (Fsp3) is 0.318. The number of tetrazole rings is 1. The summed E-state index contributed by atoms with van der Waals surface area (Å²) in [6.07, 6.45) is 0. The minimum atomic E-state index is -0.177. The van der Waals surface area contributed by atoms with Crippen LogP contribution in [0, 0.1) is 13.8 Å². The number of amides is 2. The Hall–Kier alpha value is -3.20. The fourth-order valence-electron chi connectivity index (χ4n) is 3.27. The van der Waals surface area contributed by atoms with E-state index in [1.165, 1.54) is 11.8 Å². The van der Waals surface area contributed by atoms with Gasteiger partial charge in [-0.1, -0.05) is 30.0 Å². The minimum absolute atomic E-state index is 0.0169. The highest BCUT2D eigenvalue weighted by atomic mass is 32.2. The third-order valence-corrected chi connectivity index (χ3v) is 5.81. The van der Waals surface area contributed by atoms with Gasteiger partial charge in [0.25, 0.3) is 5.91 Å². The van der Waals surface area contributed by atoms with Gasteiger partial charge in [0.05, 0.1) is 11.4 Å². The number of thioether (sulfide) groups is 1. The number of nitrogens with one attached hydrogen (secondary N) is 1. The zero-order valence-corrected chi connectivity index (χ0v) is 18.9. The fourth-order valence-corrected chi connectivity index (χ4v) is 3.94.